The summed E-state index contributed by atoms with van der Waals surface area (Å²) in [5.41, 5.74) is 2.15. The molecule has 0 radical (unpaired) electrons. The molecule has 0 aliphatic carbocycles. The Balaban J connectivity index is 2.68. The summed E-state index contributed by atoms with van der Waals surface area (Å²) in [6.45, 7) is 1.98. The summed E-state index contributed by atoms with van der Waals surface area (Å²) in [5.74, 6) is -0.238. The average Bonchev–Trinajstić information content (AvgIpc) is 2.21. The Morgan fingerprint density at radius 2 is 2.27 bits per heavy atom. The van der Waals surface area contributed by atoms with Gasteiger partial charge in [0.2, 0.25) is 0 Å². The molecule has 0 aromatic heterocycles. The van der Waals surface area contributed by atoms with Gasteiger partial charge in [0, 0.05) is 5.02 Å². The molecule has 0 spiro atoms. The van der Waals surface area contributed by atoms with E-state index in [1.165, 1.54) is 7.11 Å². The van der Waals surface area contributed by atoms with Gasteiger partial charge in [0.05, 0.1) is 13.5 Å². The molecular formula is C12H13ClO2. The van der Waals surface area contributed by atoms with E-state index in [1.54, 1.807) is 6.08 Å². The summed E-state index contributed by atoms with van der Waals surface area (Å²) in [4.78, 5) is 10.8. The Labute approximate surface area is 94.5 Å². The van der Waals surface area contributed by atoms with Gasteiger partial charge in [-0.25, -0.2) is 0 Å². The number of methoxy groups -OCH3 is 1. The molecule has 0 aliphatic rings. The summed E-state index contributed by atoms with van der Waals surface area (Å²) in [7, 11) is 1.38. The van der Waals surface area contributed by atoms with Crippen molar-refractivity contribution in [3.63, 3.8) is 0 Å². The standard InChI is InChI=1S/C12H13ClO2/c1-9-8-11(13)7-6-10(9)4-3-5-12(14)15-2/h3-4,6-8H,5H2,1-2H3. The minimum Gasteiger partial charge on any atom is -0.469 e. The van der Waals surface area contributed by atoms with Crippen molar-refractivity contribution in [3.05, 3.63) is 40.4 Å². The van der Waals surface area contributed by atoms with E-state index >= 15 is 0 Å². The molecule has 0 bridgehead atoms. The van der Waals surface area contributed by atoms with Crippen molar-refractivity contribution >= 4 is 23.6 Å². The number of carbonyl (C=O) groups is 1. The fourth-order valence-electron chi connectivity index (χ4n) is 1.19. The third-order valence-electron chi connectivity index (χ3n) is 2.04. The van der Waals surface area contributed by atoms with Crippen LogP contribution in [0.3, 0.4) is 0 Å². The van der Waals surface area contributed by atoms with Crippen LogP contribution < -0.4 is 0 Å². The molecule has 0 atom stereocenters. The van der Waals surface area contributed by atoms with Crippen molar-refractivity contribution in [2.24, 2.45) is 0 Å². The lowest BCUT2D eigenvalue weighted by atomic mass is 10.1. The van der Waals surface area contributed by atoms with Gasteiger partial charge in [-0.3, -0.25) is 4.79 Å². The second-order valence-electron chi connectivity index (χ2n) is 3.18. The van der Waals surface area contributed by atoms with E-state index in [0.29, 0.717) is 6.42 Å². The van der Waals surface area contributed by atoms with E-state index in [1.807, 2.05) is 31.2 Å². The zero-order valence-electron chi connectivity index (χ0n) is 8.79. The molecule has 0 amide bonds. The van der Waals surface area contributed by atoms with Crippen LogP contribution in [0.4, 0.5) is 0 Å². The smallest absolute Gasteiger partial charge is 0.309 e. The number of benzene rings is 1. The molecule has 0 N–H and O–H groups in total. The molecule has 0 saturated heterocycles. The van der Waals surface area contributed by atoms with E-state index in [9.17, 15) is 4.79 Å². The van der Waals surface area contributed by atoms with Gasteiger partial charge in [-0.15, -0.1) is 0 Å². The van der Waals surface area contributed by atoms with Crippen molar-refractivity contribution in [1.29, 1.82) is 0 Å². The van der Waals surface area contributed by atoms with Crippen LogP contribution >= 0.6 is 11.6 Å². The Morgan fingerprint density at radius 1 is 1.53 bits per heavy atom. The number of esters is 1. The Hall–Kier alpha value is -1.28. The first-order chi connectivity index (χ1) is 7.13. The van der Waals surface area contributed by atoms with Gasteiger partial charge in [0.1, 0.15) is 0 Å². The third kappa shape index (κ3) is 3.76. The highest BCUT2D eigenvalue weighted by atomic mass is 35.5. The van der Waals surface area contributed by atoms with Gasteiger partial charge >= 0.3 is 5.97 Å². The molecule has 2 nitrogen and oxygen atoms in total. The van der Waals surface area contributed by atoms with Crippen molar-refractivity contribution in [2.45, 2.75) is 13.3 Å². The summed E-state index contributed by atoms with van der Waals surface area (Å²) >= 11 is 5.83. The lowest BCUT2D eigenvalue weighted by molar-refractivity contribution is -0.139. The summed E-state index contributed by atoms with van der Waals surface area (Å²) in [6.07, 6.45) is 3.96. The molecule has 0 saturated carbocycles. The topological polar surface area (TPSA) is 26.3 Å². The van der Waals surface area contributed by atoms with Crippen LogP contribution in [0, 0.1) is 6.92 Å². The van der Waals surface area contributed by atoms with E-state index in [-0.39, 0.29) is 5.97 Å². The Bertz CT molecular complexity index is 383. The van der Waals surface area contributed by atoms with Gasteiger partial charge < -0.3 is 4.74 Å². The number of ether oxygens (including phenoxy) is 1. The number of carbonyl (C=O) groups excluding carboxylic acids is 1. The minimum absolute atomic E-state index is 0.238. The first-order valence-electron chi connectivity index (χ1n) is 4.63. The maximum atomic E-state index is 10.8. The monoisotopic (exact) mass is 224 g/mol. The number of aryl methyl sites for hydroxylation is 1. The molecule has 15 heavy (non-hydrogen) atoms. The summed E-state index contributed by atoms with van der Waals surface area (Å²) < 4.78 is 4.53. The fraction of sp³-hybridized carbons (Fsp3) is 0.250. The first kappa shape index (κ1) is 11.8. The highest BCUT2D eigenvalue weighted by molar-refractivity contribution is 6.30. The molecule has 1 aromatic rings. The molecule has 80 valence electrons. The van der Waals surface area contributed by atoms with Gasteiger partial charge in [-0.2, -0.15) is 0 Å². The Kier molecular flexibility index (Phi) is 4.37. The van der Waals surface area contributed by atoms with Crippen LogP contribution in [0.25, 0.3) is 6.08 Å². The molecule has 0 aliphatic heterocycles. The average molecular weight is 225 g/mol. The first-order valence-corrected chi connectivity index (χ1v) is 5.01. The van der Waals surface area contributed by atoms with Crippen molar-refractivity contribution < 1.29 is 9.53 Å². The van der Waals surface area contributed by atoms with Crippen LogP contribution in [0.1, 0.15) is 17.5 Å². The Morgan fingerprint density at radius 3 is 2.87 bits per heavy atom. The molecule has 0 fully saturated rings. The molecule has 1 rings (SSSR count). The van der Waals surface area contributed by atoms with E-state index in [0.717, 1.165) is 16.1 Å². The largest absolute Gasteiger partial charge is 0.469 e. The second kappa shape index (κ2) is 5.56. The number of halogens is 1. The van der Waals surface area contributed by atoms with Crippen LogP contribution in [0.5, 0.6) is 0 Å². The summed E-state index contributed by atoms with van der Waals surface area (Å²) in [5, 5.41) is 0.720. The summed E-state index contributed by atoms with van der Waals surface area (Å²) in [6, 6.07) is 5.64. The molecule has 3 heteroatoms. The molecule has 1 aromatic carbocycles. The second-order valence-corrected chi connectivity index (χ2v) is 3.62. The maximum Gasteiger partial charge on any atom is 0.309 e. The predicted octanol–water partition coefficient (Wildman–Crippen LogP) is 3.22. The number of rotatable bonds is 3. The van der Waals surface area contributed by atoms with Crippen molar-refractivity contribution in [1.82, 2.24) is 0 Å². The maximum absolute atomic E-state index is 10.8. The molecule has 0 heterocycles. The highest BCUT2D eigenvalue weighted by Crippen LogP contribution is 2.16. The predicted molar refractivity (Wildman–Crippen MR) is 61.9 cm³/mol. The van der Waals surface area contributed by atoms with Gasteiger partial charge in [0.15, 0.2) is 0 Å². The quantitative estimate of drug-likeness (QED) is 0.737. The van der Waals surface area contributed by atoms with E-state index in [2.05, 4.69) is 4.74 Å². The van der Waals surface area contributed by atoms with Crippen LogP contribution in [-0.2, 0) is 9.53 Å². The van der Waals surface area contributed by atoms with Gasteiger partial charge in [-0.05, 0) is 30.2 Å². The van der Waals surface area contributed by atoms with Crippen LogP contribution in [0.2, 0.25) is 5.02 Å². The molecular weight excluding hydrogens is 212 g/mol. The zero-order chi connectivity index (χ0) is 11.3. The third-order valence-corrected chi connectivity index (χ3v) is 2.28. The molecule has 0 unspecified atom stereocenters. The van der Waals surface area contributed by atoms with Crippen molar-refractivity contribution in [3.8, 4) is 0 Å². The SMILES string of the molecule is COC(=O)CC=Cc1ccc(Cl)cc1C. The highest BCUT2D eigenvalue weighted by Gasteiger charge is 1.97. The fourth-order valence-corrected chi connectivity index (χ4v) is 1.42. The van der Waals surface area contributed by atoms with Crippen LogP contribution in [-0.4, -0.2) is 13.1 Å². The zero-order valence-corrected chi connectivity index (χ0v) is 9.54. The van der Waals surface area contributed by atoms with E-state index < -0.39 is 0 Å². The van der Waals surface area contributed by atoms with E-state index in [4.69, 9.17) is 11.6 Å². The van der Waals surface area contributed by atoms with Crippen molar-refractivity contribution in [2.75, 3.05) is 7.11 Å². The minimum atomic E-state index is -0.238. The number of hydrogen-bond donors (Lipinski definition) is 0. The lowest BCUT2D eigenvalue weighted by Gasteiger charge is -2.00. The lowest BCUT2D eigenvalue weighted by Crippen LogP contribution is -1.96. The normalized spacial score (nSPS) is 10.6. The van der Waals surface area contributed by atoms with Gasteiger partial charge in [-0.1, -0.05) is 29.8 Å². The van der Waals surface area contributed by atoms with Gasteiger partial charge in [0.25, 0.3) is 0 Å². The van der Waals surface area contributed by atoms with Crippen LogP contribution in [0.15, 0.2) is 24.3 Å². The number of hydrogen-bond acceptors (Lipinski definition) is 2.